The third-order valence-electron chi connectivity index (χ3n) is 4.89. The van der Waals surface area contributed by atoms with Crippen molar-refractivity contribution in [1.29, 1.82) is 0 Å². The number of halogens is 2. The number of anilines is 1. The number of aliphatic imine (C=N–C) groups is 1. The summed E-state index contributed by atoms with van der Waals surface area (Å²) < 4.78 is 13.5. The summed E-state index contributed by atoms with van der Waals surface area (Å²) in [6.45, 7) is 5.96. The molecule has 0 saturated heterocycles. The van der Waals surface area contributed by atoms with Crippen LogP contribution in [0.1, 0.15) is 37.8 Å². The molecular weight excluding hydrogens is 520 g/mol. The lowest BCUT2D eigenvalue weighted by molar-refractivity contribution is -0.116. The minimum absolute atomic E-state index is 0. The van der Waals surface area contributed by atoms with E-state index in [-0.39, 0.29) is 35.7 Å². The van der Waals surface area contributed by atoms with Crippen LogP contribution in [0.5, 0.6) is 0 Å². The van der Waals surface area contributed by atoms with Crippen molar-refractivity contribution in [3.63, 3.8) is 0 Å². The number of benzene rings is 2. The van der Waals surface area contributed by atoms with Crippen LogP contribution in [0.3, 0.4) is 0 Å². The van der Waals surface area contributed by atoms with Crippen LogP contribution in [0, 0.1) is 5.82 Å². The lowest BCUT2D eigenvalue weighted by atomic mass is 10.1. The van der Waals surface area contributed by atoms with Gasteiger partial charge in [0.25, 0.3) is 0 Å². The van der Waals surface area contributed by atoms with Gasteiger partial charge in [-0.3, -0.25) is 4.79 Å². The molecule has 8 heteroatoms. The Morgan fingerprint density at radius 3 is 2.59 bits per heavy atom. The molecule has 0 aliphatic carbocycles. The Labute approximate surface area is 205 Å². The van der Waals surface area contributed by atoms with E-state index in [2.05, 4.69) is 25.9 Å². The second kappa shape index (κ2) is 13.0. The number of fused-ring (bicyclic) bond motifs is 1. The Kier molecular flexibility index (Phi) is 10.5. The number of guanidine groups is 1. The Morgan fingerprint density at radius 2 is 1.88 bits per heavy atom. The van der Waals surface area contributed by atoms with Gasteiger partial charge in [-0.1, -0.05) is 19.1 Å². The molecule has 4 N–H and O–H groups in total. The van der Waals surface area contributed by atoms with Crippen LogP contribution in [0.2, 0.25) is 0 Å². The summed E-state index contributed by atoms with van der Waals surface area (Å²) in [5.41, 5.74) is 3.86. The van der Waals surface area contributed by atoms with E-state index in [1.54, 1.807) is 12.1 Å². The summed E-state index contributed by atoms with van der Waals surface area (Å²) >= 11 is 0. The molecule has 0 radical (unpaired) electrons. The molecule has 0 bridgehead atoms. The van der Waals surface area contributed by atoms with Gasteiger partial charge in [-0.25, -0.2) is 9.38 Å². The number of nitrogens with zero attached hydrogens (tertiary/aromatic N) is 1. The molecular formula is C24H31FIN5O. The molecule has 0 aliphatic rings. The standard InChI is InChI=1S/C24H30FN5O.HI/c1-3-5-23(31)30-20-9-6-17(7-10-20)15-29-24(26-4-2)27-13-12-18-16-28-22-11-8-19(25)14-21(18)22;/h6-11,14,16,28H,3-5,12-13,15H2,1-2H3,(H,30,31)(H2,26,27,29);1H. The van der Waals surface area contributed by atoms with Crippen LogP contribution in [0.15, 0.2) is 53.7 Å². The summed E-state index contributed by atoms with van der Waals surface area (Å²) in [4.78, 5) is 19.5. The van der Waals surface area contributed by atoms with Crippen LogP contribution in [-0.2, 0) is 17.8 Å². The number of hydrogen-bond acceptors (Lipinski definition) is 2. The predicted molar refractivity (Wildman–Crippen MR) is 140 cm³/mol. The zero-order chi connectivity index (χ0) is 22.1. The number of H-pyrrole nitrogens is 1. The minimum Gasteiger partial charge on any atom is -0.361 e. The van der Waals surface area contributed by atoms with Gasteiger partial charge in [-0.05, 0) is 61.2 Å². The molecule has 32 heavy (non-hydrogen) atoms. The lowest BCUT2D eigenvalue weighted by Gasteiger charge is -2.11. The van der Waals surface area contributed by atoms with E-state index in [1.165, 1.54) is 6.07 Å². The van der Waals surface area contributed by atoms with Gasteiger partial charge < -0.3 is 20.9 Å². The lowest BCUT2D eigenvalue weighted by Crippen LogP contribution is -2.38. The maximum atomic E-state index is 13.5. The van der Waals surface area contributed by atoms with Crippen molar-refractivity contribution in [2.45, 2.75) is 39.7 Å². The minimum atomic E-state index is -0.229. The number of aromatic nitrogens is 1. The summed E-state index contributed by atoms with van der Waals surface area (Å²) in [6.07, 6.45) is 4.03. The van der Waals surface area contributed by atoms with Crippen molar-refractivity contribution >= 4 is 52.4 Å². The van der Waals surface area contributed by atoms with E-state index in [4.69, 9.17) is 0 Å². The van der Waals surface area contributed by atoms with Crippen LogP contribution in [0.4, 0.5) is 10.1 Å². The maximum absolute atomic E-state index is 13.5. The van der Waals surface area contributed by atoms with Gasteiger partial charge in [0, 0.05) is 42.3 Å². The first kappa shape index (κ1) is 25.6. The number of carbonyl (C=O) groups excluding carboxylic acids is 1. The molecule has 6 nitrogen and oxygen atoms in total. The molecule has 3 aromatic rings. The first-order valence-corrected chi connectivity index (χ1v) is 10.8. The van der Waals surface area contributed by atoms with Gasteiger partial charge in [-0.2, -0.15) is 0 Å². The highest BCUT2D eigenvalue weighted by Gasteiger charge is 2.06. The fraction of sp³-hybridized carbons (Fsp3) is 0.333. The van der Waals surface area contributed by atoms with Gasteiger partial charge in [-0.15, -0.1) is 24.0 Å². The van der Waals surface area contributed by atoms with Crippen LogP contribution >= 0.6 is 24.0 Å². The highest BCUT2D eigenvalue weighted by atomic mass is 127. The predicted octanol–water partition coefficient (Wildman–Crippen LogP) is 4.96. The second-order valence-corrected chi connectivity index (χ2v) is 7.37. The number of hydrogen-bond donors (Lipinski definition) is 4. The van der Waals surface area contributed by atoms with Crippen LogP contribution in [0.25, 0.3) is 10.9 Å². The number of nitrogens with one attached hydrogen (secondary N) is 4. The number of rotatable bonds is 9. The zero-order valence-corrected chi connectivity index (χ0v) is 20.8. The molecule has 0 spiro atoms. The topological polar surface area (TPSA) is 81.3 Å². The number of aromatic amines is 1. The first-order chi connectivity index (χ1) is 15.1. The average molecular weight is 551 g/mol. The van der Waals surface area contributed by atoms with Crippen molar-refractivity contribution in [3.05, 3.63) is 65.6 Å². The molecule has 3 rings (SSSR count). The Hall–Kier alpha value is -2.62. The quantitative estimate of drug-likeness (QED) is 0.173. The molecule has 172 valence electrons. The molecule has 0 saturated carbocycles. The van der Waals surface area contributed by atoms with Gasteiger partial charge in [0.1, 0.15) is 5.82 Å². The Morgan fingerprint density at radius 1 is 1.09 bits per heavy atom. The van der Waals surface area contributed by atoms with E-state index in [0.29, 0.717) is 19.5 Å². The van der Waals surface area contributed by atoms with Crippen molar-refractivity contribution in [3.8, 4) is 0 Å². The third kappa shape index (κ3) is 7.51. The average Bonchev–Trinajstić information content (AvgIpc) is 3.15. The van der Waals surface area contributed by atoms with Crippen molar-refractivity contribution < 1.29 is 9.18 Å². The highest BCUT2D eigenvalue weighted by molar-refractivity contribution is 14.0. The Balaban J connectivity index is 0.00000363. The van der Waals surface area contributed by atoms with Crippen LogP contribution in [-0.4, -0.2) is 29.9 Å². The summed E-state index contributed by atoms with van der Waals surface area (Å²) in [7, 11) is 0. The van der Waals surface area contributed by atoms with E-state index in [1.807, 2.05) is 44.3 Å². The molecule has 0 aliphatic heterocycles. The number of carbonyl (C=O) groups is 1. The third-order valence-corrected chi connectivity index (χ3v) is 4.89. The monoisotopic (exact) mass is 551 g/mol. The fourth-order valence-corrected chi connectivity index (χ4v) is 3.33. The molecule has 0 atom stereocenters. The summed E-state index contributed by atoms with van der Waals surface area (Å²) in [5.74, 6) is 0.533. The molecule has 1 amide bonds. The summed E-state index contributed by atoms with van der Waals surface area (Å²) in [5, 5.41) is 10.4. The maximum Gasteiger partial charge on any atom is 0.224 e. The van der Waals surface area contributed by atoms with Crippen LogP contribution < -0.4 is 16.0 Å². The van der Waals surface area contributed by atoms with Gasteiger partial charge in [0.2, 0.25) is 5.91 Å². The number of amides is 1. The van der Waals surface area contributed by atoms with E-state index in [9.17, 15) is 9.18 Å². The van der Waals surface area contributed by atoms with E-state index in [0.717, 1.165) is 53.1 Å². The molecule has 0 fully saturated rings. The first-order valence-electron chi connectivity index (χ1n) is 10.8. The largest absolute Gasteiger partial charge is 0.361 e. The SMILES string of the molecule is CCCC(=O)Nc1ccc(CN=C(NCC)NCCc2c[nH]c3ccc(F)cc23)cc1.I. The van der Waals surface area contributed by atoms with Crippen molar-refractivity contribution in [2.75, 3.05) is 18.4 Å². The molecule has 2 aromatic carbocycles. The van der Waals surface area contributed by atoms with Gasteiger partial charge in [0.05, 0.1) is 6.54 Å². The van der Waals surface area contributed by atoms with E-state index < -0.39 is 0 Å². The Bertz CT molecular complexity index is 1030. The zero-order valence-electron chi connectivity index (χ0n) is 18.5. The normalized spacial score (nSPS) is 11.2. The van der Waals surface area contributed by atoms with Crippen molar-refractivity contribution in [1.82, 2.24) is 15.6 Å². The smallest absolute Gasteiger partial charge is 0.224 e. The van der Waals surface area contributed by atoms with Crippen molar-refractivity contribution in [2.24, 2.45) is 4.99 Å². The van der Waals surface area contributed by atoms with Gasteiger partial charge >= 0.3 is 0 Å². The van der Waals surface area contributed by atoms with E-state index >= 15 is 0 Å². The second-order valence-electron chi connectivity index (χ2n) is 7.37. The molecule has 1 heterocycles. The molecule has 0 unspecified atom stereocenters. The summed E-state index contributed by atoms with van der Waals surface area (Å²) in [6, 6.07) is 12.5. The molecule has 1 aromatic heterocycles. The van der Waals surface area contributed by atoms with Gasteiger partial charge in [0.15, 0.2) is 5.96 Å². The fourth-order valence-electron chi connectivity index (χ4n) is 3.33. The highest BCUT2D eigenvalue weighted by Crippen LogP contribution is 2.19.